The lowest BCUT2D eigenvalue weighted by Crippen LogP contribution is -2.15. The van der Waals surface area contributed by atoms with Gasteiger partial charge in [-0.25, -0.2) is 0 Å². The van der Waals surface area contributed by atoms with Crippen molar-refractivity contribution in [3.05, 3.63) is 41.1 Å². The highest BCUT2D eigenvalue weighted by Gasteiger charge is 2.21. The minimum Gasteiger partial charge on any atom is -0.308 e. The third-order valence-corrected chi connectivity index (χ3v) is 7.38. The first-order chi connectivity index (χ1) is 9.19. The Labute approximate surface area is 135 Å². The summed E-state index contributed by atoms with van der Waals surface area (Å²) in [5, 5.41) is 3.43. The van der Waals surface area contributed by atoms with Gasteiger partial charge in [0.25, 0.3) is 0 Å². The van der Waals surface area contributed by atoms with Gasteiger partial charge in [0.15, 0.2) is 0 Å². The van der Waals surface area contributed by atoms with Crippen molar-refractivity contribution in [1.29, 1.82) is 0 Å². The molecule has 2 heterocycles. The average molecular weight is 377 g/mol. The second-order valence-electron chi connectivity index (χ2n) is 4.80. The molecule has 0 spiro atoms. The number of hydrogen-bond donors (Lipinski definition) is 1. The van der Waals surface area contributed by atoms with Crippen molar-refractivity contribution < 1.29 is 0 Å². The van der Waals surface area contributed by atoms with Crippen LogP contribution in [0.4, 0.5) is 0 Å². The molecule has 0 amide bonds. The van der Waals surface area contributed by atoms with Gasteiger partial charge in [0, 0.05) is 19.1 Å². The Kier molecular flexibility index (Phi) is 4.34. The van der Waals surface area contributed by atoms with E-state index in [9.17, 15) is 0 Å². The fraction of sp³-hybridized carbons (Fsp3) is 0.429. The molecular weight excluding hydrogens is 362 g/mol. The van der Waals surface area contributed by atoms with Crippen molar-refractivity contribution in [2.75, 3.05) is 7.05 Å². The molecule has 1 N–H and O–H groups in total. The van der Waals surface area contributed by atoms with Gasteiger partial charge in [-0.3, -0.25) is 0 Å². The van der Waals surface area contributed by atoms with Crippen LogP contribution in [0.3, 0.4) is 0 Å². The summed E-state index contributed by atoms with van der Waals surface area (Å²) in [6.07, 6.45) is 5.18. The van der Waals surface area contributed by atoms with Crippen LogP contribution in [0.5, 0.6) is 0 Å². The first-order valence-corrected chi connectivity index (χ1v) is 9.23. The van der Waals surface area contributed by atoms with Gasteiger partial charge >= 0.3 is 0 Å². The third kappa shape index (κ3) is 2.79. The molecule has 0 saturated carbocycles. The molecule has 1 nitrogen and oxygen atoms in total. The molecule has 0 saturated heterocycles. The van der Waals surface area contributed by atoms with Crippen molar-refractivity contribution in [2.24, 2.45) is 0 Å². The zero-order valence-corrected chi connectivity index (χ0v) is 14.6. The molecular formula is C14H15BrClNS2. The predicted molar refractivity (Wildman–Crippen MR) is 88.9 cm³/mol. The van der Waals surface area contributed by atoms with E-state index in [4.69, 9.17) is 11.6 Å². The minimum absolute atomic E-state index is 0.268. The molecule has 1 aliphatic rings. The Morgan fingerprint density at radius 1 is 1.21 bits per heavy atom. The maximum Gasteiger partial charge on any atom is 0.107 e. The van der Waals surface area contributed by atoms with Gasteiger partial charge in [0.2, 0.25) is 0 Å². The molecule has 5 heteroatoms. The number of hydrogen-bond acceptors (Lipinski definition) is 3. The first kappa shape index (κ1) is 14.1. The molecule has 102 valence electrons. The number of nitrogens with one attached hydrogen (secondary N) is 1. The summed E-state index contributed by atoms with van der Waals surface area (Å²) in [4.78, 5) is 4.28. The fourth-order valence-electron chi connectivity index (χ4n) is 2.59. The van der Waals surface area contributed by atoms with Crippen molar-refractivity contribution in [3.63, 3.8) is 0 Å². The molecule has 2 aromatic heterocycles. The van der Waals surface area contributed by atoms with E-state index < -0.39 is 0 Å². The van der Waals surface area contributed by atoms with Crippen molar-refractivity contribution in [1.82, 2.24) is 5.32 Å². The third-order valence-electron chi connectivity index (χ3n) is 3.54. The predicted octanol–water partition coefficient (Wildman–Crippen LogP) is 5.41. The number of aryl methyl sites for hydroxylation is 2. The van der Waals surface area contributed by atoms with Crippen molar-refractivity contribution in [3.8, 4) is 0 Å². The molecule has 0 fully saturated rings. The lowest BCUT2D eigenvalue weighted by Gasteiger charge is -2.12. The lowest BCUT2D eigenvalue weighted by molar-refractivity contribution is 0.694. The van der Waals surface area contributed by atoms with Gasteiger partial charge < -0.3 is 5.32 Å². The highest BCUT2D eigenvalue weighted by molar-refractivity contribution is 9.10. The molecule has 1 atom stereocenters. The normalized spacial score (nSPS) is 16.4. The van der Waals surface area contributed by atoms with Gasteiger partial charge in [-0.1, -0.05) is 11.6 Å². The van der Waals surface area contributed by atoms with Crippen LogP contribution >= 0.6 is 50.2 Å². The van der Waals surface area contributed by atoms with Crippen LogP contribution in [-0.2, 0) is 12.8 Å². The van der Waals surface area contributed by atoms with Gasteiger partial charge in [-0.05, 0) is 66.4 Å². The average Bonchev–Trinajstić information content (AvgIpc) is 2.95. The largest absolute Gasteiger partial charge is 0.308 e. The summed E-state index contributed by atoms with van der Waals surface area (Å²) in [5.41, 5.74) is 1.56. The molecule has 1 unspecified atom stereocenters. The number of rotatable bonds is 3. The van der Waals surface area contributed by atoms with Crippen molar-refractivity contribution in [2.45, 2.75) is 31.7 Å². The van der Waals surface area contributed by atoms with Gasteiger partial charge in [-0.15, -0.1) is 22.7 Å². The zero-order valence-electron chi connectivity index (χ0n) is 10.6. The number of halogens is 2. The maximum atomic E-state index is 6.17. The summed E-state index contributed by atoms with van der Waals surface area (Å²) in [7, 11) is 2.02. The molecule has 0 aromatic carbocycles. The van der Waals surface area contributed by atoms with E-state index in [0.29, 0.717) is 0 Å². The van der Waals surface area contributed by atoms with Crippen molar-refractivity contribution >= 4 is 50.2 Å². The summed E-state index contributed by atoms with van der Waals surface area (Å²) in [5.74, 6) is 0. The van der Waals surface area contributed by atoms with Crippen LogP contribution in [0, 0.1) is 0 Å². The van der Waals surface area contributed by atoms with Gasteiger partial charge in [0.05, 0.1) is 6.04 Å². The smallest absolute Gasteiger partial charge is 0.107 e. The monoisotopic (exact) mass is 375 g/mol. The highest BCUT2D eigenvalue weighted by atomic mass is 79.9. The zero-order chi connectivity index (χ0) is 13.4. The van der Waals surface area contributed by atoms with Crippen LogP contribution < -0.4 is 5.32 Å². The molecule has 2 aromatic rings. The van der Waals surface area contributed by atoms with E-state index in [0.717, 1.165) is 8.81 Å². The second-order valence-corrected chi connectivity index (χ2v) is 8.50. The number of thiophene rings is 2. The Morgan fingerprint density at radius 3 is 2.58 bits per heavy atom. The summed E-state index contributed by atoms with van der Waals surface area (Å²) >= 11 is 13.3. The van der Waals surface area contributed by atoms with Crippen LogP contribution in [-0.4, -0.2) is 7.05 Å². The Bertz CT molecular complexity index is 547. The molecule has 19 heavy (non-hydrogen) atoms. The van der Waals surface area contributed by atoms with Gasteiger partial charge in [-0.2, -0.15) is 0 Å². The Hall–Kier alpha value is 0.130. The standard InChI is InChI=1S/C14H15BrClNS2/c1-17-13(12-7-9(15)14(16)19-12)11-6-8-4-2-3-5-10(8)18-11/h6-7,13,17H,2-5H2,1H3. The summed E-state index contributed by atoms with van der Waals surface area (Å²) < 4.78 is 1.83. The Balaban J connectivity index is 1.95. The molecule has 1 aliphatic carbocycles. The SMILES string of the molecule is CNC(c1cc(Br)c(Cl)s1)c1cc2c(s1)CCCC2. The van der Waals surface area contributed by atoms with E-state index >= 15 is 0 Å². The molecule has 0 radical (unpaired) electrons. The quantitative estimate of drug-likeness (QED) is 0.755. The topological polar surface area (TPSA) is 12.0 Å². The summed E-state index contributed by atoms with van der Waals surface area (Å²) in [6.45, 7) is 0. The molecule has 3 rings (SSSR count). The fourth-order valence-corrected chi connectivity index (χ4v) is 5.91. The van der Waals surface area contributed by atoms with Crippen LogP contribution in [0.15, 0.2) is 16.6 Å². The van der Waals surface area contributed by atoms with Gasteiger partial charge in [0.1, 0.15) is 4.34 Å². The van der Waals surface area contributed by atoms with E-state index in [1.54, 1.807) is 21.8 Å². The Morgan fingerprint density at radius 2 is 1.95 bits per heavy atom. The number of fused-ring (bicyclic) bond motifs is 1. The van der Waals surface area contributed by atoms with Crippen LogP contribution in [0.2, 0.25) is 4.34 Å². The summed E-state index contributed by atoms with van der Waals surface area (Å²) in [6, 6.07) is 4.79. The van der Waals surface area contributed by atoms with E-state index in [-0.39, 0.29) is 6.04 Å². The maximum absolute atomic E-state index is 6.17. The van der Waals surface area contributed by atoms with E-state index in [1.165, 1.54) is 35.4 Å². The second kappa shape index (κ2) is 5.86. The van der Waals surface area contributed by atoms with Crippen LogP contribution in [0.25, 0.3) is 0 Å². The van der Waals surface area contributed by atoms with E-state index in [2.05, 4.69) is 33.4 Å². The lowest BCUT2D eigenvalue weighted by atomic mass is 9.99. The minimum atomic E-state index is 0.268. The van der Waals surface area contributed by atoms with E-state index in [1.807, 2.05) is 18.4 Å². The van der Waals surface area contributed by atoms with Crippen LogP contribution in [0.1, 0.15) is 39.1 Å². The first-order valence-electron chi connectivity index (χ1n) is 6.42. The molecule has 0 aliphatic heterocycles. The highest BCUT2D eigenvalue weighted by Crippen LogP contribution is 2.40. The molecule has 0 bridgehead atoms.